The second-order valence-corrected chi connectivity index (χ2v) is 4.05. The van der Waals surface area contributed by atoms with Crippen molar-refractivity contribution in [2.45, 2.75) is 32.7 Å². The molecular formula is C12H15ClFNO. The molecule has 0 aliphatic rings. The molecule has 0 aliphatic carbocycles. The standard InChI is InChI=1S/C12H15ClFNO/c1-2-3-4-12(16)15-8-9-7-10(13)5-6-11(9)14/h5-7H,2-4,8H2,1H3,(H,15,16). The summed E-state index contributed by atoms with van der Waals surface area (Å²) in [6.07, 6.45) is 2.31. The van der Waals surface area contributed by atoms with Crippen LogP contribution < -0.4 is 5.32 Å². The lowest BCUT2D eigenvalue weighted by Gasteiger charge is -2.06. The topological polar surface area (TPSA) is 29.1 Å². The van der Waals surface area contributed by atoms with Crippen LogP contribution in [0.1, 0.15) is 31.7 Å². The Kier molecular flexibility index (Phi) is 5.26. The molecule has 0 unspecified atom stereocenters. The molecule has 1 aromatic carbocycles. The van der Waals surface area contributed by atoms with Crippen LogP contribution in [0.3, 0.4) is 0 Å². The van der Waals surface area contributed by atoms with Gasteiger partial charge in [0, 0.05) is 23.6 Å². The van der Waals surface area contributed by atoms with Crippen LogP contribution in [0, 0.1) is 5.82 Å². The zero-order chi connectivity index (χ0) is 12.0. The summed E-state index contributed by atoms with van der Waals surface area (Å²) in [6.45, 7) is 2.21. The Hall–Kier alpha value is -1.09. The third-order valence-corrected chi connectivity index (χ3v) is 2.48. The maximum absolute atomic E-state index is 13.3. The maximum atomic E-state index is 13.3. The minimum absolute atomic E-state index is 0.0544. The highest BCUT2D eigenvalue weighted by Gasteiger charge is 2.05. The SMILES string of the molecule is CCCCC(=O)NCc1cc(Cl)ccc1F. The Morgan fingerprint density at radius 3 is 2.94 bits per heavy atom. The van der Waals surface area contributed by atoms with E-state index in [1.807, 2.05) is 6.92 Å². The van der Waals surface area contributed by atoms with Gasteiger partial charge < -0.3 is 5.32 Å². The van der Waals surface area contributed by atoms with Crippen LogP contribution in [0.15, 0.2) is 18.2 Å². The molecule has 88 valence electrons. The molecule has 0 saturated carbocycles. The fourth-order valence-corrected chi connectivity index (χ4v) is 1.49. The maximum Gasteiger partial charge on any atom is 0.220 e. The normalized spacial score (nSPS) is 10.2. The molecule has 4 heteroatoms. The number of carbonyl (C=O) groups is 1. The molecule has 0 aromatic heterocycles. The Bertz CT molecular complexity index is 368. The second-order valence-electron chi connectivity index (χ2n) is 3.62. The Morgan fingerprint density at radius 1 is 1.50 bits per heavy atom. The molecular weight excluding hydrogens is 229 g/mol. The number of carbonyl (C=O) groups excluding carboxylic acids is 1. The van der Waals surface area contributed by atoms with Crippen LogP contribution in [0.5, 0.6) is 0 Å². The summed E-state index contributed by atoms with van der Waals surface area (Å²) in [5.74, 6) is -0.401. The number of hydrogen-bond donors (Lipinski definition) is 1. The molecule has 0 fully saturated rings. The van der Waals surface area contributed by atoms with Gasteiger partial charge >= 0.3 is 0 Å². The molecule has 1 rings (SSSR count). The van der Waals surface area contributed by atoms with Crippen LogP contribution in [0.2, 0.25) is 5.02 Å². The van der Waals surface area contributed by atoms with E-state index in [2.05, 4.69) is 5.32 Å². The fourth-order valence-electron chi connectivity index (χ4n) is 1.30. The first kappa shape index (κ1) is 13.0. The third-order valence-electron chi connectivity index (χ3n) is 2.24. The van der Waals surface area contributed by atoms with E-state index >= 15 is 0 Å². The highest BCUT2D eigenvalue weighted by atomic mass is 35.5. The van der Waals surface area contributed by atoms with Crippen molar-refractivity contribution < 1.29 is 9.18 Å². The molecule has 2 nitrogen and oxygen atoms in total. The monoisotopic (exact) mass is 243 g/mol. The van der Waals surface area contributed by atoms with E-state index in [-0.39, 0.29) is 18.3 Å². The van der Waals surface area contributed by atoms with E-state index < -0.39 is 0 Å². The molecule has 0 heterocycles. The van der Waals surface area contributed by atoms with Gasteiger partial charge in [-0.1, -0.05) is 24.9 Å². The van der Waals surface area contributed by atoms with Crippen LogP contribution in [0.25, 0.3) is 0 Å². The number of unbranched alkanes of at least 4 members (excludes halogenated alkanes) is 1. The minimum atomic E-state index is -0.347. The number of halogens is 2. The fraction of sp³-hybridized carbons (Fsp3) is 0.417. The highest BCUT2D eigenvalue weighted by Crippen LogP contribution is 2.14. The van der Waals surface area contributed by atoms with Crippen LogP contribution in [0.4, 0.5) is 4.39 Å². The van der Waals surface area contributed by atoms with Gasteiger partial charge in [-0.25, -0.2) is 4.39 Å². The van der Waals surface area contributed by atoms with Crippen molar-refractivity contribution >= 4 is 17.5 Å². The van der Waals surface area contributed by atoms with Gasteiger partial charge in [0.15, 0.2) is 0 Å². The van der Waals surface area contributed by atoms with Gasteiger partial charge in [0.1, 0.15) is 5.82 Å². The predicted molar refractivity (Wildman–Crippen MR) is 62.8 cm³/mol. The number of amides is 1. The summed E-state index contributed by atoms with van der Waals surface area (Å²) < 4.78 is 13.3. The Morgan fingerprint density at radius 2 is 2.25 bits per heavy atom. The summed E-state index contributed by atoms with van der Waals surface area (Å²) in [7, 11) is 0. The first-order chi connectivity index (χ1) is 7.63. The Labute approximate surface area is 99.8 Å². The molecule has 0 radical (unpaired) electrons. The van der Waals surface area contributed by atoms with E-state index in [9.17, 15) is 9.18 Å². The highest BCUT2D eigenvalue weighted by molar-refractivity contribution is 6.30. The van der Waals surface area contributed by atoms with E-state index in [4.69, 9.17) is 11.6 Å². The van der Waals surface area contributed by atoms with Crippen molar-refractivity contribution in [2.24, 2.45) is 0 Å². The number of hydrogen-bond acceptors (Lipinski definition) is 1. The quantitative estimate of drug-likeness (QED) is 0.845. The summed E-state index contributed by atoms with van der Waals surface area (Å²) in [6, 6.07) is 4.31. The van der Waals surface area contributed by atoms with E-state index in [1.54, 1.807) is 0 Å². The first-order valence-electron chi connectivity index (χ1n) is 5.34. The summed E-state index contributed by atoms with van der Waals surface area (Å²) >= 11 is 5.74. The molecule has 1 amide bonds. The van der Waals surface area contributed by atoms with Gasteiger partial charge in [-0.15, -0.1) is 0 Å². The average Bonchev–Trinajstić information content (AvgIpc) is 2.27. The van der Waals surface area contributed by atoms with Crippen LogP contribution in [-0.2, 0) is 11.3 Å². The lowest BCUT2D eigenvalue weighted by molar-refractivity contribution is -0.121. The molecule has 1 N–H and O–H groups in total. The van der Waals surface area contributed by atoms with Gasteiger partial charge in [0.05, 0.1) is 0 Å². The number of rotatable bonds is 5. The molecule has 0 aliphatic heterocycles. The van der Waals surface area contributed by atoms with E-state index in [0.29, 0.717) is 17.0 Å². The molecule has 0 saturated heterocycles. The first-order valence-corrected chi connectivity index (χ1v) is 5.72. The largest absolute Gasteiger partial charge is 0.352 e. The van der Waals surface area contributed by atoms with E-state index in [0.717, 1.165) is 12.8 Å². The number of benzene rings is 1. The van der Waals surface area contributed by atoms with Crippen molar-refractivity contribution in [1.29, 1.82) is 0 Å². The Balaban J connectivity index is 2.47. The van der Waals surface area contributed by atoms with Crippen molar-refractivity contribution in [1.82, 2.24) is 5.32 Å². The van der Waals surface area contributed by atoms with Gasteiger partial charge in [-0.2, -0.15) is 0 Å². The van der Waals surface area contributed by atoms with Crippen molar-refractivity contribution in [3.63, 3.8) is 0 Å². The smallest absolute Gasteiger partial charge is 0.220 e. The molecule has 0 bridgehead atoms. The van der Waals surface area contributed by atoms with Crippen molar-refractivity contribution in [3.05, 3.63) is 34.6 Å². The van der Waals surface area contributed by atoms with Gasteiger partial charge in [-0.05, 0) is 24.6 Å². The predicted octanol–water partition coefficient (Wildman–Crippen LogP) is 3.29. The number of nitrogens with one attached hydrogen (secondary N) is 1. The van der Waals surface area contributed by atoms with Gasteiger partial charge in [0.2, 0.25) is 5.91 Å². The lowest BCUT2D eigenvalue weighted by atomic mass is 10.2. The second kappa shape index (κ2) is 6.48. The molecule has 1 aromatic rings. The third kappa shape index (κ3) is 4.19. The summed E-state index contributed by atoms with van der Waals surface area (Å²) in [5, 5.41) is 3.14. The summed E-state index contributed by atoms with van der Waals surface area (Å²) in [4.78, 5) is 11.3. The van der Waals surface area contributed by atoms with E-state index in [1.165, 1.54) is 18.2 Å². The van der Waals surface area contributed by atoms with Gasteiger partial charge in [0.25, 0.3) is 0 Å². The van der Waals surface area contributed by atoms with Crippen molar-refractivity contribution in [3.8, 4) is 0 Å². The minimum Gasteiger partial charge on any atom is -0.352 e. The van der Waals surface area contributed by atoms with Crippen molar-refractivity contribution in [2.75, 3.05) is 0 Å². The lowest BCUT2D eigenvalue weighted by Crippen LogP contribution is -2.22. The molecule has 0 spiro atoms. The molecule has 0 atom stereocenters. The molecule has 16 heavy (non-hydrogen) atoms. The average molecular weight is 244 g/mol. The van der Waals surface area contributed by atoms with Crippen LogP contribution >= 0.6 is 11.6 Å². The zero-order valence-corrected chi connectivity index (χ0v) is 9.98. The van der Waals surface area contributed by atoms with Crippen LogP contribution in [-0.4, -0.2) is 5.91 Å². The zero-order valence-electron chi connectivity index (χ0n) is 9.22. The van der Waals surface area contributed by atoms with Gasteiger partial charge in [-0.3, -0.25) is 4.79 Å². The summed E-state index contributed by atoms with van der Waals surface area (Å²) in [5.41, 5.74) is 0.414.